The van der Waals surface area contributed by atoms with E-state index in [4.69, 9.17) is 16.3 Å². The van der Waals surface area contributed by atoms with Gasteiger partial charge in [-0.1, -0.05) is 35.9 Å². The third-order valence-corrected chi connectivity index (χ3v) is 5.68. The second-order valence-corrected chi connectivity index (χ2v) is 7.61. The van der Waals surface area contributed by atoms with Crippen LogP contribution in [0.3, 0.4) is 0 Å². The minimum Gasteiger partial charge on any atom is -0.496 e. The third kappa shape index (κ3) is 4.39. The number of amides is 1. The van der Waals surface area contributed by atoms with E-state index >= 15 is 0 Å². The van der Waals surface area contributed by atoms with E-state index < -0.39 is 0 Å². The van der Waals surface area contributed by atoms with Crippen LogP contribution in [-0.2, 0) is 4.79 Å². The van der Waals surface area contributed by atoms with Crippen molar-refractivity contribution in [1.82, 2.24) is 10.2 Å². The summed E-state index contributed by atoms with van der Waals surface area (Å²) in [6.07, 6.45) is 1.51. The van der Waals surface area contributed by atoms with Gasteiger partial charge >= 0.3 is 0 Å². The monoisotopic (exact) mass is 422 g/mol. The number of rotatable bonds is 5. The van der Waals surface area contributed by atoms with Crippen LogP contribution in [0.4, 0.5) is 11.5 Å². The van der Waals surface area contributed by atoms with E-state index in [1.807, 2.05) is 54.6 Å². The number of hydrogen-bond donors (Lipinski definition) is 1. The quantitative estimate of drug-likeness (QED) is 0.647. The van der Waals surface area contributed by atoms with Gasteiger partial charge in [-0.25, -0.2) is 0 Å². The first kappa shape index (κ1) is 20.2. The fraction of sp³-hybridized carbons (Fsp3) is 0.261. The van der Waals surface area contributed by atoms with Crippen LogP contribution < -0.4 is 15.0 Å². The molecule has 30 heavy (non-hydrogen) atoms. The summed E-state index contributed by atoms with van der Waals surface area (Å²) >= 11 is 6.14. The number of methoxy groups -OCH3 is 1. The lowest BCUT2D eigenvalue weighted by Crippen LogP contribution is -2.38. The number of ether oxygens (including phenoxy) is 1. The summed E-state index contributed by atoms with van der Waals surface area (Å²) < 4.78 is 5.41. The Kier molecular flexibility index (Phi) is 6.14. The van der Waals surface area contributed by atoms with E-state index in [2.05, 4.69) is 20.4 Å². The lowest BCUT2D eigenvalue weighted by atomic mass is 9.95. The molecule has 0 spiro atoms. The van der Waals surface area contributed by atoms with Gasteiger partial charge < -0.3 is 15.0 Å². The molecule has 6 nitrogen and oxygen atoms in total. The zero-order valence-electron chi connectivity index (χ0n) is 16.7. The van der Waals surface area contributed by atoms with Crippen molar-refractivity contribution in [3.05, 3.63) is 65.7 Å². The Morgan fingerprint density at radius 1 is 1.03 bits per heavy atom. The highest BCUT2D eigenvalue weighted by atomic mass is 35.5. The van der Waals surface area contributed by atoms with Gasteiger partial charge in [0.2, 0.25) is 5.91 Å². The molecule has 2 aromatic carbocycles. The molecule has 1 aromatic heterocycles. The average molecular weight is 423 g/mol. The Balaban J connectivity index is 1.37. The van der Waals surface area contributed by atoms with Crippen LogP contribution in [0.25, 0.3) is 11.3 Å². The molecule has 4 rings (SSSR count). The molecular weight excluding hydrogens is 400 g/mol. The number of nitrogens with zero attached hydrogens (tertiary/aromatic N) is 3. The van der Waals surface area contributed by atoms with Gasteiger partial charge in [-0.3, -0.25) is 4.79 Å². The topological polar surface area (TPSA) is 67.3 Å². The van der Waals surface area contributed by atoms with Gasteiger partial charge in [0, 0.05) is 24.6 Å². The number of nitrogens with one attached hydrogen (secondary N) is 1. The first-order valence-electron chi connectivity index (χ1n) is 9.93. The summed E-state index contributed by atoms with van der Waals surface area (Å²) in [6.45, 7) is 1.51. The van der Waals surface area contributed by atoms with Crippen molar-refractivity contribution >= 4 is 29.0 Å². The number of para-hydroxylation sites is 2. The number of piperidine rings is 1. The number of carbonyl (C=O) groups is 1. The molecule has 0 atom stereocenters. The molecule has 0 bridgehead atoms. The van der Waals surface area contributed by atoms with Crippen molar-refractivity contribution < 1.29 is 9.53 Å². The number of carbonyl (C=O) groups excluding carboxylic acids is 1. The molecule has 0 unspecified atom stereocenters. The van der Waals surface area contributed by atoms with Gasteiger partial charge in [-0.05, 0) is 49.2 Å². The average Bonchev–Trinajstić information content (AvgIpc) is 2.81. The minimum absolute atomic E-state index is 0.0142. The molecule has 1 aliphatic rings. The van der Waals surface area contributed by atoms with Crippen LogP contribution in [0.2, 0.25) is 5.02 Å². The SMILES string of the molecule is COc1ccccc1-c1ccc(N2CCC(C(=O)Nc3ccccc3Cl)CC2)nn1. The highest BCUT2D eigenvalue weighted by Gasteiger charge is 2.26. The van der Waals surface area contributed by atoms with Gasteiger partial charge in [0.1, 0.15) is 5.75 Å². The number of anilines is 2. The van der Waals surface area contributed by atoms with Gasteiger partial charge in [0.05, 0.1) is 23.5 Å². The van der Waals surface area contributed by atoms with Gasteiger partial charge in [-0.15, -0.1) is 10.2 Å². The number of halogens is 1. The van der Waals surface area contributed by atoms with Gasteiger partial charge in [-0.2, -0.15) is 0 Å². The van der Waals surface area contributed by atoms with Crippen molar-refractivity contribution in [2.45, 2.75) is 12.8 Å². The number of benzene rings is 2. The van der Waals surface area contributed by atoms with Gasteiger partial charge in [0.25, 0.3) is 0 Å². The Bertz CT molecular complexity index is 1020. The third-order valence-electron chi connectivity index (χ3n) is 5.35. The summed E-state index contributed by atoms with van der Waals surface area (Å²) in [5.74, 6) is 1.56. The molecule has 3 aromatic rings. The highest BCUT2D eigenvalue weighted by molar-refractivity contribution is 6.33. The second kappa shape index (κ2) is 9.13. The normalized spacial score (nSPS) is 14.4. The summed E-state index contributed by atoms with van der Waals surface area (Å²) in [4.78, 5) is 14.8. The smallest absolute Gasteiger partial charge is 0.227 e. The maximum Gasteiger partial charge on any atom is 0.227 e. The number of hydrogen-bond acceptors (Lipinski definition) is 5. The number of aromatic nitrogens is 2. The molecule has 1 fully saturated rings. The van der Waals surface area contributed by atoms with E-state index in [1.165, 1.54) is 0 Å². The van der Waals surface area contributed by atoms with Crippen LogP contribution >= 0.6 is 11.6 Å². The molecular formula is C23H23ClN4O2. The fourth-order valence-electron chi connectivity index (χ4n) is 3.66. The lowest BCUT2D eigenvalue weighted by molar-refractivity contribution is -0.120. The molecule has 7 heteroatoms. The first-order valence-corrected chi connectivity index (χ1v) is 10.3. The molecule has 1 amide bonds. The molecule has 2 heterocycles. The standard InChI is InChI=1S/C23H23ClN4O2/c1-30-21-9-5-2-6-17(21)19-10-11-22(27-26-19)28-14-12-16(13-15-28)23(29)25-20-8-4-3-7-18(20)24/h2-11,16H,12-15H2,1H3,(H,25,29). The van der Waals surface area contributed by atoms with E-state index in [0.717, 1.165) is 48.8 Å². The summed E-state index contributed by atoms with van der Waals surface area (Å²) in [7, 11) is 1.65. The Hall–Kier alpha value is -3.12. The summed E-state index contributed by atoms with van der Waals surface area (Å²) in [5.41, 5.74) is 2.34. The van der Waals surface area contributed by atoms with Crippen LogP contribution in [-0.4, -0.2) is 36.3 Å². The lowest BCUT2D eigenvalue weighted by Gasteiger charge is -2.31. The van der Waals surface area contributed by atoms with E-state index in [9.17, 15) is 4.79 Å². The molecule has 154 valence electrons. The Morgan fingerprint density at radius 3 is 2.47 bits per heavy atom. The zero-order valence-corrected chi connectivity index (χ0v) is 17.5. The maximum atomic E-state index is 12.6. The molecule has 1 N–H and O–H groups in total. The highest BCUT2D eigenvalue weighted by Crippen LogP contribution is 2.29. The summed E-state index contributed by atoms with van der Waals surface area (Å²) in [6, 6.07) is 19.0. The molecule has 1 aliphatic heterocycles. The van der Waals surface area contributed by atoms with Crippen LogP contribution in [0.1, 0.15) is 12.8 Å². The van der Waals surface area contributed by atoms with Gasteiger partial charge in [0.15, 0.2) is 5.82 Å². The van der Waals surface area contributed by atoms with E-state index in [-0.39, 0.29) is 11.8 Å². The van der Waals surface area contributed by atoms with Crippen LogP contribution in [0.5, 0.6) is 5.75 Å². The summed E-state index contributed by atoms with van der Waals surface area (Å²) in [5, 5.41) is 12.3. The van der Waals surface area contributed by atoms with Crippen molar-refractivity contribution in [3.8, 4) is 17.0 Å². The zero-order chi connectivity index (χ0) is 20.9. The largest absolute Gasteiger partial charge is 0.496 e. The van der Waals surface area contributed by atoms with Crippen molar-refractivity contribution in [1.29, 1.82) is 0 Å². The second-order valence-electron chi connectivity index (χ2n) is 7.21. The first-order chi connectivity index (χ1) is 14.7. The Labute approximate surface area is 180 Å². The van der Waals surface area contributed by atoms with Crippen LogP contribution in [0.15, 0.2) is 60.7 Å². The van der Waals surface area contributed by atoms with Crippen molar-refractivity contribution in [3.63, 3.8) is 0 Å². The minimum atomic E-state index is -0.0432. The van der Waals surface area contributed by atoms with Crippen molar-refractivity contribution in [2.24, 2.45) is 5.92 Å². The molecule has 0 aliphatic carbocycles. The van der Waals surface area contributed by atoms with E-state index in [1.54, 1.807) is 13.2 Å². The predicted molar refractivity (Wildman–Crippen MR) is 119 cm³/mol. The van der Waals surface area contributed by atoms with E-state index in [0.29, 0.717) is 10.7 Å². The molecule has 0 saturated carbocycles. The Morgan fingerprint density at radius 2 is 1.77 bits per heavy atom. The van der Waals surface area contributed by atoms with Crippen molar-refractivity contribution in [2.75, 3.05) is 30.4 Å². The fourth-order valence-corrected chi connectivity index (χ4v) is 3.84. The van der Waals surface area contributed by atoms with Crippen LogP contribution in [0, 0.1) is 5.92 Å². The predicted octanol–water partition coefficient (Wildman–Crippen LogP) is 4.66. The maximum absolute atomic E-state index is 12.6. The molecule has 0 radical (unpaired) electrons. The molecule has 1 saturated heterocycles.